The normalized spacial score (nSPS) is 11.3. The lowest BCUT2D eigenvalue weighted by atomic mass is 10.2. The van der Waals surface area contributed by atoms with Crippen molar-refractivity contribution in [2.45, 2.75) is 18.4 Å². The molecule has 150 valence electrons. The summed E-state index contributed by atoms with van der Waals surface area (Å²) in [5.74, 6) is -1.42. The number of benzene rings is 3. The molecule has 0 unspecified atom stereocenters. The molecule has 2 N–H and O–H groups in total. The molecule has 0 bridgehead atoms. The highest BCUT2D eigenvalue weighted by atomic mass is 35.5. The Morgan fingerprint density at radius 3 is 2.41 bits per heavy atom. The molecule has 0 spiro atoms. The van der Waals surface area contributed by atoms with Gasteiger partial charge in [-0.05, 0) is 48.9 Å². The highest BCUT2D eigenvalue weighted by Crippen LogP contribution is 2.21. The van der Waals surface area contributed by atoms with Crippen molar-refractivity contribution in [3.05, 3.63) is 94.3 Å². The second kappa shape index (κ2) is 8.73. The van der Waals surface area contributed by atoms with E-state index in [1.165, 1.54) is 24.3 Å². The fraction of sp³-hybridized carbons (Fsp3) is 0.0952. The number of rotatable bonds is 6. The van der Waals surface area contributed by atoms with E-state index in [0.29, 0.717) is 5.02 Å². The molecular weight excluding hydrogens is 415 g/mol. The largest absolute Gasteiger partial charge is 0.319 e. The number of carbonyl (C=O) groups is 1. The first-order chi connectivity index (χ1) is 13.7. The van der Waals surface area contributed by atoms with Gasteiger partial charge in [0.1, 0.15) is 5.82 Å². The minimum absolute atomic E-state index is 0.0808. The van der Waals surface area contributed by atoms with Gasteiger partial charge in [0.15, 0.2) is 0 Å². The number of aryl methyl sites for hydroxylation is 1. The molecule has 29 heavy (non-hydrogen) atoms. The van der Waals surface area contributed by atoms with Crippen LogP contribution in [0.15, 0.2) is 71.6 Å². The zero-order valence-electron chi connectivity index (χ0n) is 15.4. The second-order valence-electron chi connectivity index (χ2n) is 6.42. The zero-order chi connectivity index (χ0) is 21.0. The number of amides is 1. The SMILES string of the molecule is Cc1ccc(CNS(=O)(=O)c2ccc(NC(=O)c3cccc(Cl)c3)c(F)c2)cc1. The number of hydrogen-bond acceptors (Lipinski definition) is 3. The molecule has 5 nitrogen and oxygen atoms in total. The molecule has 0 aliphatic rings. The Morgan fingerprint density at radius 2 is 1.76 bits per heavy atom. The van der Waals surface area contributed by atoms with E-state index in [1.54, 1.807) is 12.1 Å². The number of anilines is 1. The van der Waals surface area contributed by atoms with Crippen LogP contribution >= 0.6 is 11.6 Å². The van der Waals surface area contributed by atoms with Gasteiger partial charge in [-0.3, -0.25) is 4.79 Å². The summed E-state index contributed by atoms with van der Waals surface area (Å²) in [4.78, 5) is 12.0. The molecule has 1 amide bonds. The molecule has 3 rings (SSSR count). The number of sulfonamides is 1. The van der Waals surface area contributed by atoms with Crippen LogP contribution in [0.1, 0.15) is 21.5 Å². The lowest BCUT2D eigenvalue weighted by molar-refractivity contribution is 0.102. The molecule has 0 saturated heterocycles. The minimum Gasteiger partial charge on any atom is -0.319 e. The van der Waals surface area contributed by atoms with Crippen LogP contribution in [0.5, 0.6) is 0 Å². The van der Waals surface area contributed by atoms with Gasteiger partial charge >= 0.3 is 0 Å². The highest BCUT2D eigenvalue weighted by molar-refractivity contribution is 7.89. The molecule has 3 aromatic rings. The maximum absolute atomic E-state index is 14.4. The van der Waals surface area contributed by atoms with E-state index >= 15 is 0 Å². The van der Waals surface area contributed by atoms with Crippen molar-refractivity contribution in [1.82, 2.24) is 4.72 Å². The molecule has 0 aromatic heterocycles. The summed E-state index contributed by atoms with van der Waals surface area (Å²) < 4.78 is 41.7. The number of hydrogen-bond donors (Lipinski definition) is 2. The Hall–Kier alpha value is -2.74. The van der Waals surface area contributed by atoms with Crippen molar-refractivity contribution in [3.8, 4) is 0 Å². The average Bonchev–Trinajstić information content (AvgIpc) is 2.69. The molecule has 0 aliphatic carbocycles. The predicted octanol–water partition coefficient (Wildman–Crippen LogP) is 4.52. The fourth-order valence-electron chi connectivity index (χ4n) is 2.56. The molecular formula is C21H18ClFN2O3S. The topological polar surface area (TPSA) is 75.3 Å². The Balaban J connectivity index is 1.72. The molecule has 8 heteroatoms. The van der Waals surface area contributed by atoms with Crippen LogP contribution in [-0.4, -0.2) is 14.3 Å². The van der Waals surface area contributed by atoms with Gasteiger partial charge in [-0.1, -0.05) is 47.5 Å². The second-order valence-corrected chi connectivity index (χ2v) is 8.62. The third-order valence-electron chi connectivity index (χ3n) is 4.17. The van der Waals surface area contributed by atoms with E-state index in [-0.39, 0.29) is 22.7 Å². The summed E-state index contributed by atoms with van der Waals surface area (Å²) in [6, 6.07) is 16.9. The lowest BCUT2D eigenvalue weighted by Gasteiger charge is -2.10. The van der Waals surface area contributed by atoms with Crippen LogP contribution in [0.3, 0.4) is 0 Å². The minimum atomic E-state index is -3.91. The quantitative estimate of drug-likeness (QED) is 0.601. The third kappa shape index (κ3) is 5.41. The van der Waals surface area contributed by atoms with Gasteiger partial charge in [0, 0.05) is 17.1 Å². The summed E-state index contributed by atoms with van der Waals surface area (Å²) >= 11 is 5.85. The van der Waals surface area contributed by atoms with E-state index in [0.717, 1.165) is 17.2 Å². The average molecular weight is 433 g/mol. The molecule has 0 heterocycles. The van der Waals surface area contributed by atoms with Gasteiger partial charge in [0.25, 0.3) is 5.91 Å². The molecule has 0 atom stereocenters. The van der Waals surface area contributed by atoms with Crippen molar-refractivity contribution in [1.29, 1.82) is 0 Å². The van der Waals surface area contributed by atoms with Crippen LogP contribution in [0.25, 0.3) is 0 Å². The zero-order valence-corrected chi connectivity index (χ0v) is 17.0. The summed E-state index contributed by atoms with van der Waals surface area (Å²) in [6.45, 7) is 2.01. The van der Waals surface area contributed by atoms with Crippen molar-refractivity contribution < 1.29 is 17.6 Å². The van der Waals surface area contributed by atoms with Crippen molar-refractivity contribution in [2.24, 2.45) is 0 Å². The smallest absolute Gasteiger partial charge is 0.255 e. The van der Waals surface area contributed by atoms with Crippen molar-refractivity contribution >= 4 is 33.2 Å². The summed E-state index contributed by atoms with van der Waals surface area (Å²) in [5.41, 5.74) is 1.97. The molecule has 3 aromatic carbocycles. The van der Waals surface area contributed by atoms with Crippen molar-refractivity contribution in [3.63, 3.8) is 0 Å². The first kappa shape index (κ1) is 21.0. The Kier molecular flexibility index (Phi) is 6.32. The van der Waals surface area contributed by atoms with Gasteiger partial charge in [0.05, 0.1) is 10.6 Å². The maximum atomic E-state index is 14.4. The van der Waals surface area contributed by atoms with E-state index in [4.69, 9.17) is 11.6 Å². The lowest BCUT2D eigenvalue weighted by Crippen LogP contribution is -2.23. The van der Waals surface area contributed by atoms with Crippen LogP contribution in [0.2, 0.25) is 5.02 Å². The van der Waals surface area contributed by atoms with Gasteiger partial charge in [-0.15, -0.1) is 0 Å². The van der Waals surface area contributed by atoms with Crippen molar-refractivity contribution in [2.75, 3.05) is 5.32 Å². The van der Waals surface area contributed by atoms with Gasteiger partial charge < -0.3 is 5.32 Å². The molecule has 0 aliphatic heterocycles. The highest BCUT2D eigenvalue weighted by Gasteiger charge is 2.17. The van der Waals surface area contributed by atoms with Crippen LogP contribution < -0.4 is 10.0 Å². The third-order valence-corrected chi connectivity index (χ3v) is 5.81. The summed E-state index contributed by atoms with van der Waals surface area (Å²) in [7, 11) is -3.91. The Labute approximate surface area is 173 Å². The first-order valence-corrected chi connectivity index (χ1v) is 10.5. The number of nitrogens with one attached hydrogen (secondary N) is 2. The number of carbonyl (C=O) groups excluding carboxylic acids is 1. The van der Waals surface area contributed by atoms with Crippen LogP contribution in [-0.2, 0) is 16.6 Å². The first-order valence-electron chi connectivity index (χ1n) is 8.66. The van der Waals surface area contributed by atoms with Crippen LogP contribution in [0.4, 0.5) is 10.1 Å². The molecule has 0 saturated carbocycles. The number of halogens is 2. The van der Waals surface area contributed by atoms with E-state index in [9.17, 15) is 17.6 Å². The summed E-state index contributed by atoms with van der Waals surface area (Å²) in [5, 5.41) is 2.78. The van der Waals surface area contributed by atoms with Gasteiger partial charge in [-0.2, -0.15) is 0 Å². The molecule has 0 fully saturated rings. The monoisotopic (exact) mass is 432 g/mol. The van der Waals surface area contributed by atoms with Gasteiger partial charge in [0.2, 0.25) is 10.0 Å². The van der Waals surface area contributed by atoms with E-state index in [2.05, 4.69) is 10.0 Å². The Morgan fingerprint density at radius 1 is 1.03 bits per heavy atom. The summed E-state index contributed by atoms with van der Waals surface area (Å²) in [6.07, 6.45) is 0. The van der Waals surface area contributed by atoms with E-state index in [1.807, 2.05) is 31.2 Å². The standard InChI is InChI=1S/C21H18ClFN2O3S/c1-14-5-7-15(8-6-14)13-24-29(27,28)18-9-10-20(19(23)12-18)25-21(26)16-3-2-4-17(22)11-16/h2-12,24H,13H2,1H3,(H,25,26). The van der Waals surface area contributed by atoms with E-state index < -0.39 is 21.7 Å². The Bertz CT molecular complexity index is 1150. The fourth-order valence-corrected chi connectivity index (χ4v) is 3.78. The van der Waals surface area contributed by atoms with Gasteiger partial charge in [-0.25, -0.2) is 17.5 Å². The van der Waals surface area contributed by atoms with Crippen LogP contribution in [0, 0.1) is 12.7 Å². The molecule has 0 radical (unpaired) electrons. The predicted molar refractivity (Wildman–Crippen MR) is 111 cm³/mol. The maximum Gasteiger partial charge on any atom is 0.255 e.